The van der Waals surface area contributed by atoms with E-state index in [-0.39, 0.29) is 6.04 Å². The zero-order valence-electron chi connectivity index (χ0n) is 10.1. The van der Waals surface area contributed by atoms with Crippen LogP contribution in [0.2, 0.25) is 0 Å². The van der Waals surface area contributed by atoms with E-state index in [1.165, 1.54) is 11.1 Å². The zero-order valence-corrected chi connectivity index (χ0v) is 10.1. The maximum Gasteiger partial charge on any atom is 0.0695 e. The monoisotopic (exact) mass is 223 g/mol. The van der Waals surface area contributed by atoms with Gasteiger partial charge in [0.1, 0.15) is 0 Å². The van der Waals surface area contributed by atoms with Crippen LogP contribution in [0, 0.1) is 6.92 Å². The summed E-state index contributed by atoms with van der Waals surface area (Å²) in [7, 11) is 0. The van der Waals surface area contributed by atoms with E-state index < -0.39 is 0 Å². The third-order valence-corrected chi connectivity index (χ3v) is 2.77. The fourth-order valence-electron chi connectivity index (χ4n) is 1.77. The smallest absolute Gasteiger partial charge is 0.0695 e. The van der Waals surface area contributed by atoms with E-state index in [0.717, 1.165) is 5.69 Å². The highest BCUT2D eigenvalue weighted by atomic mass is 14.9. The van der Waals surface area contributed by atoms with Crippen molar-refractivity contribution in [2.75, 3.05) is 5.32 Å². The van der Waals surface area contributed by atoms with Gasteiger partial charge in [-0.3, -0.25) is 0 Å². The molecule has 2 aromatic rings. The number of anilines is 1. The van der Waals surface area contributed by atoms with Crippen LogP contribution in [-0.4, -0.2) is 0 Å². The SMILES string of the molecule is C=C[C@H](Nc1ccc(C)cc1)c1ccccc1. The first kappa shape index (κ1) is 11.5. The van der Waals surface area contributed by atoms with Crippen molar-refractivity contribution in [2.45, 2.75) is 13.0 Å². The molecule has 0 saturated carbocycles. The van der Waals surface area contributed by atoms with Gasteiger partial charge in [-0.25, -0.2) is 0 Å². The van der Waals surface area contributed by atoms with Gasteiger partial charge in [0.05, 0.1) is 6.04 Å². The van der Waals surface area contributed by atoms with E-state index in [1.807, 2.05) is 24.3 Å². The zero-order chi connectivity index (χ0) is 12.1. The number of benzene rings is 2. The van der Waals surface area contributed by atoms with E-state index in [1.54, 1.807) is 0 Å². The van der Waals surface area contributed by atoms with Crippen LogP contribution in [0.15, 0.2) is 67.3 Å². The molecule has 1 atom stereocenters. The Morgan fingerprint density at radius 3 is 2.24 bits per heavy atom. The van der Waals surface area contributed by atoms with Gasteiger partial charge in [-0.05, 0) is 24.6 Å². The van der Waals surface area contributed by atoms with E-state index >= 15 is 0 Å². The van der Waals surface area contributed by atoms with Gasteiger partial charge in [-0.15, -0.1) is 6.58 Å². The van der Waals surface area contributed by atoms with Crippen LogP contribution < -0.4 is 5.32 Å². The predicted octanol–water partition coefficient (Wildman–Crippen LogP) is 4.33. The molecule has 0 radical (unpaired) electrons. The lowest BCUT2D eigenvalue weighted by Gasteiger charge is -2.16. The second-order valence-electron chi connectivity index (χ2n) is 4.13. The van der Waals surface area contributed by atoms with Crippen molar-refractivity contribution in [2.24, 2.45) is 0 Å². The second kappa shape index (κ2) is 5.35. The lowest BCUT2D eigenvalue weighted by atomic mass is 10.1. The van der Waals surface area contributed by atoms with Crippen LogP contribution in [-0.2, 0) is 0 Å². The molecule has 2 rings (SSSR count). The fraction of sp³-hybridized carbons (Fsp3) is 0.125. The molecule has 2 aromatic carbocycles. The second-order valence-corrected chi connectivity index (χ2v) is 4.13. The number of hydrogen-bond donors (Lipinski definition) is 1. The summed E-state index contributed by atoms with van der Waals surface area (Å²) in [6.45, 7) is 5.98. The molecule has 0 aliphatic heterocycles. The van der Waals surface area contributed by atoms with Crippen molar-refractivity contribution in [3.63, 3.8) is 0 Å². The lowest BCUT2D eigenvalue weighted by molar-refractivity contribution is 0.988. The van der Waals surface area contributed by atoms with E-state index in [0.29, 0.717) is 0 Å². The summed E-state index contributed by atoms with van der Waals surface area (Å²) in [4.78, 5) is 0. The maximum atomic E-state index is 3.89. The van der Waals surface area contributed by atoms with Crippen molar-refractivity contribution in [1.29, 1.82) is 0 Å². The summed E-state index contributed by atoms with van der Waals surface area (Å²) in [5, 5.41) is 3.45. The molecule has 0 saturated heterocycles. The fourth-order valence-corrected chi connectivity index (χ4v) is 1.77. The molecule has 1 heteroatoms. The molecule has 0 aromatic heterocycles. The van der Waals surface area contributed by atoms with Gasteiger partial charge in [0.2, 0.25) is 0 Å². The van der Waals surface area contributed by atoms with Gasteiger partial charge in [0, 0.05) is 5.69 Å². The third-order valence-electron chi connectivity index (χ3n) is 2.77. The van der Waals surface area contributed by atoms with Gasteiger partial charge in [-0.2, -0.15) is 0 Å². The van der Waals surface area contributed by atoms with Gasteiger partial charge in [-0.1, -0.05) is 54.1 Å². The Morgan fingerprint density at radius 2 is 1.65 bits per heavy atom. The summed E-state index contributed by atoms with van der Waals surface area (Å²) in [5.41, 5.74) is 3.61. The minimum atomic E-state index is 0.152. The standard InChI is InChI=1S/C16H17N/c1-3-16(14-7-5-4-6-8-14)17-15-11-9-13(2)10-12-15/h3-12,16-17H,1H2,2H3/t16-/m0/s1. The first-order chi connectivity index (χ1) is 8.29. The minimum Gasteiger partial charge on any atom is -0.375 e. The van der Waals surface area contributed by atoms with Gasteiger partial charge >= 0.3 is 0 Å². The average molecular weight is 223 g/mol. The Hall–Kier alpha value is -2.02. The van der Waals surface area contributed by atoms with Gasteiger partial charge in [0.15, 0.2) is 0 Å². The highest BCUT2D eigenvalue weighted by molar-refractivity contribution is 5.47. The van der Waals surface area contributed by atoms with E-state index in [2.05, 4.69) is 55.2 Å². The normalized spacial score (nSPS) is 11.8. The Morgan fingerprint density at radius 1 is 1.00 bits per heavy atom. The van der Waals surface area contributed by atoms with Crippen LogP contribution in [0.4, 0.5) is 5.69 Å². The van der Waals surface area contributed by atoms with Crippen LogP contribution in [0.5, 0.6) is 0 Å². The van der Waals surface area contributed by atoms with Crippen molar-refractivity contribution in [1.82, 2.24) is 0 Å². The van der Waals surface area contributed by atoms with Crippen molar-refractivity contribution in [3.8, 4) is 0 Å². The summed E-state index contributed by atoms with van der Waals surface area (Å²) < 4.78 is 0. The van der Waals surface area contributed by atoms with E-state index in [9.17, 15) is 0 Å². The highest BCUT2D eigenvalue weighted by Gasteiger charge is 2.05. The molecule has 1 nitrogen and oxygen atoms in total. The minimum absolute atomic E-state index is 0.152. The van der Waals surface area contributed by atoms with Crippen LogP contribution >= 0.6 is 0 Å². The predicted molar refractivity (Wildman–Crippen MR) is 74.2 cm³/mol. The quantitative estimate of drug-likeness (QED) is 0.760. The summed E-state index contributed by atoms with van der Waals surface area (Å²) >= 11 is 0. The third kappa shape index (κ3) is 2.97. The molecular formula is C16H17N. The molecule has 0 heterocycles. The molecule has 17 heavy (non-hydrogen) atoms. The first-order valence-corrected chi connectivity index (χ1v) is 5.80. The first-order valence-electron chi connectivity index (χ1n) is 5.80. The molecule has 0 spiro atoms. The Kier molecular flexibility index (Phi) is 3.61. The molecule has 0 amide bonds. The number of aryl methyl sites for hydroxylation is 1. The van der Waals surface area contributed by atoms with Crippen LogP contribution in [0.25, 0.3) is 0 Å². The summed E-state index contributed by atoms with van der Waals surface area (Å²) in [6.07, 6.45) is 1.93. The summed E-state index contributed by atoms with van der Waals surface area (Å²) in [5.74, 6) is 0. The molecule has 0 fully saturated rings. The Bertz CT molecular complexity index is 471. The molecule has 0 aliphatic carbocycles. The largest absolute Gasteiger partial charge is 0.375 e. The molecule has 0 aliphatic rings. The Balaban J connectivity index is 2.16. The van der Waals surface area contributed by atoms with Crippen LogP contribution in [0.1, 0.15) is 17.2 Å². The number of rotatable bonds is 4. The topological polar surface area (TPSA) is 12.0 Å². The highest BCUT2D eigenvalue weighted by Crippen LogP contribution is 2.20. The van der Waals surface area contributed by atoms with Crippen LogP contribution in [0.3, 0.4) is 0 Å². The average Bonchev–Trinajstić information content (AvgIpc) is 2.39. The lowest BCUT2D eigenvalue weighted by Crippen LogP contribution is -2.07. The molecular weight excluding hydrogens is 206 g/mol. The van der Waals surface area contributed by atoms with Gasteiger partial charge < -0.3 is 5.32 Å². The van der Waals surface area contributed by atoms with Gasteiger partial charge in [0.25, 0.3) is 0 Å². The molecule has 86 valence electrons. The molecule has 0 bridgehead atoms. The van der Waals surface area contributed by atoms with Crippen molar-refractivity contribution in [3.05, 3.63) is 78.4 Å². The van der Waals surface area contributed by atoms with E-state index in [4.69, 9.17) is 0 Å². The summed E-state index contributed by atoms with van der Waals surface area (Å²) in [6, 6.07) is 18.9. The molecule has 1 N–H and O–H groups in total. The maximum absolute atomic E-state index is 3.89. The Labute approximate surface area is 103 Å². The van der Waals surface area contributed by atoms with Crippen molar-refractivity contribution < 1.29 is 0 Å². The number of nitrogens with one attached hydrogen (secondary N) is 1. The molecule has 0 unspecified atom stereocenters. The van der Waals surface area contributed by atoms with Crippen molar-refractivity contribution >= 4 is 5.69 Å². The number of hydrogen-bond acceptors (Lipinski definition) is 1.